The Kier molecular flexibility index (Phi) is 6.08. The van der Waals surface area contributed by atoms with E-state index in [4.69, 9.17) is 16.4 Å². The van der Waals surface area contributed by atoms with Crippen molar-refractivity contribution in [3.8, 4) is 0 Å². The summed E-state index contributed by atoms with van der Waals surface area (Å²) >= 11 is 6.03. The summed E-state index contributed by atoms with van der Waals surface area (Å²) in [4.78, 5) is 17.5. The zero-order valence-corrected chi connectivity index (χ0v) is 16.1. The molecule has 7 heteroatoms. The molecule has 0 aliphatic carbocycles. The first-order chi connectivity index (χ1) is 13.0. The van der Waals surface area contributed by atoms with Gasteiger partial charge in [0.1, 0.15) is 6.61 Å². The number of oxime groups is 1. The van der Waals surface area contributed by atoms with E-state index in [0.717, 1.165) is 22.4 Å². The maximum absolute atomic E-state index is 12.0. The lowest BCUT2D eigenvalue weighted by molar-refractivity contribution is 0.130. The molecule has 1 heterocycles. The summed E-state index contributed by atoms with van der Waals surface area (Å²) < 4.78 is 2.66. The fourth-order valence-corrected chi connectivity index (χ4v) is 2.99. The highest BCUT2D eigenvalue weighted by atomic mass is 35.5. The molecule has 0 N–H and O–H groups in total. The van der Waals surface area contributed by atoms with E-state index < -0.39 is 0 Å². The lowest BCUT2D eigenvalue weighted by Gasteiger charge is -2.07. The van der Waals surface area contributed by atoms with Gasteiger partial charge in [-0.1, -0.05) is 59.8 Å². The molecule has 6 nitrogen and oxygen atoms in total. The predicted octanol–water partition coefficient (Wildman–Crippen LogP) is 3.42. The van der Waals surface area contributed by atoms with Crippen LogP contribution in [0.15, 0.2) is 64.5 Å². The van der Waals surface area contributed by atoms with Gasteiger partial charge >= 0.3 is 5.69 Å². The molecule has 2 aromatic carbocycles. The van der Waals surface area contributed by atoms with Crippen LogP contribution in [0.5, 0.6) is 0 Å². The Labute approximate surface area is 162 Å². The second-order valence-corrected chi connectivity index (χ2v) is 6.68. The molecule has 1 aromatic heterocycles. The Balaban J connectivity index is 1.63. The Morgan fingerprint density at radius 3 is 2.52 bits per heavy atom. The van der Waals surface area contributed by atoms with Gasteiger partial charge in [-0.05, 0) is 35.2 Å². The summed E-state index contributed by atoms with van der Waals surface area (Å²) in [6, 6.07) is 17.9. The monoisotopic (exact) mass is 384 g/mol. The molecule has 27 heavy (non-hydrogen) atoms. The molecule has 0 aliphatic heterocycles. The largest absolute Gasteiger partial charge is 0.391 e. The van der Waals surface area contributed by atoms with Gasteiger partial charge < -0.3 is 4.84 Å². The first-order valence-corrected chi connectivity index (χ1v) is 8.97. The molecular formula is C20H21ClN4O2. The lowest BCUT2D eigenvalue weighted by Crippen LogP contribution is -2.23. The van der Waals surface area contributed by atoms with Gasteiger partial charge in [0.2, 0.25) is 5.28 Å². The standard InChI is InChI=1S/C20H21ClN4O2/c1-15(23-27-14-16-7-4-3-5-8-16)11-17-9-6-10-18(12-17)13-25-19(21)22-24(2)20(25)26/h3-10,12H,11,13-14H2,1-2H3. The van der Waals surface area contributed by atoms with Crippen LogP contribution in [0.4, 0.5) is 0 Å². The van der Waals surface area contributed by atoms with E-state index in [1.165, 1.54) is 9.25 Å². The number of hydrogen-bond acceptors (Lipinski definition) is 4. The van der Waals surface area contributed by atoms with Crippen molar-refractivity contribution in [3.63, 3.8) is 0 Å². The first kappa shape index (κ1) is 18.9. The van der Waals surface area contributed by atoms with Gasteiger partial charge in [-0.2, -0.15) is 0 Å². The Morgan fingerprint density at radius 1 is 1.11 bits per heavy atom. The zero-order valence-electron chi connectivity index (χ0n) is 15.3. The number of nitrogens with zero attached hydrogens (tertiary/aromatic N) is 4. The van der Waals surface area contributed by atoms with Crippen LogP contribution in [-0.2, 0) is 31.5 Å². The van der Waals surface area contributed by atoms with Gasteiger partial charge in [-0.25, -0.2) is 9.48 Å². The second-order valence-electron chi connectivity index (χ2n) is 6.34. The third kappa shape index (κ3) is 5.08. The number of hydrogen-bond donors (Lipinski definition) is 0. The van der Waals surface area contributed by atoms with Gasteiger partial charge in [0, 0.05) is 13.5 Å². The molecule has 0 spiro atoms. The van der Waals surface area contributed by atoms with Crippen LogP contribution in [0.1, 0.15) is 23.6 Å². The summed E-state index contributed by atoms with van der Waals surface area (Å²) in [5.41, 5.74) is 3.78. The summed E-state index contributed by atoms with van der Waals surface area (Å²) in [7, 11) is 1.58. The van der Waals surface area contributed by atoms with Crippen LogP contribution in [-0.4, -0.2) is 20.1 Å². The fourth-order valence-electron chi connectivity index (χ4n) is 2.75. The van der Waals surface area contributed by atoms with Gasteiger partial charge in [-0.15, -0.1) is 5.10 Å². The van der Waals surface area contributed by atoms with E-state index in [2.05, 4.69) is 10.3 Å². The normalized spacial score (nSPS) is 11.6. The first-order valence-electron chi connectivity index (χ1n) is 8.59. The van der Waals surface area contributed by atoms with Crippen molar-refractivity contribution in [2.45, 2.75) is 26.5 Å². The summed E-state index contributed by atoms with van der Waals surface area (Å²) in [5, 5.41) is 8.30. The maximum Gasteiger partial charge on any atom is 0.346 e. The van der Waals surface area contributed by atoms with Crippen molar-refractivity contribution in [2.24, 2.45) is 12.2 Å². The fraction of sp³-hybridized carbons (Fsp3) is 0.250. The molecule has 0 saturated carbocycles. The average Bonchev–Trinajstić information content (AvgIpc) is 2.89. The number of rotatable bonds is 7. The van der Waals surface area contributed by atoms with E-state index >= 15 is 0 Å². The Morgan fingerprint density at radius 2 is 1.81 bits per heavy atom. The van der Waals surface area contributed by atoms with Gasteiger partial charge in [0.25, 0.3) is 0 Å². The van der Waals surface area contributed by atoms with Crippen molar-refractivity contribution in [1.29, 1.82) is 0 Å². The van der Waals surface area contributed by atoms with E-state index in [1.807, 2.05) is 61.5 Å². The van der Waals surface area contributed by atoms with E-state index in [9.17, 15) is 4.79 Å². The van der Waals surface area contributed by atoms with E-state index in [0.29, 0.717) is 19.6 Å². The summed E-state index contributed by atoms with van der Waals surface area (Å²) in [6.07, 6.45) is 0.665. The van der Waals surface area contributed by atoms with Crippen molar-refractivity contribution in [1.82, 2.24) is 14.3 Å². The Hall–Kier alpha value is -2.86. The van der Waals surface area contributed by atoms with Crippen molar-refractivity contribution in [3.05, 3.63) is 87.1 Å². The number of halogens is 1. The van der Waals surface area contributed by atoms with E-state index in [1.54, 1.807) is 7.05 Å². The highest BCUT2D eigenvalue weighted by molar-refractivity contribution is 6.28. The number of aromatic nitrogens is 3. The average molecular weight is 385 g/mol. The SMILES string of the molecule is CC(Cc1cccc(Cn2c(Cl)nn(C)c2=O)c1)=NOCc1ccccc1. The number of benzene rings is 2. The van der Waals surface area contributed by atoms with E-state index in [-0.39, 0.29) is 11.0 Å². The quantitative estimate of drug-likeness (QED) is 0.463. The topological polar surface area (TPSA) is 61.4 Å². The second kappa shape index (κ2) is 8.68. The van der Waals surface area contributed by atoms with Crippen LogP contribution >= 0.6 is 11.6 Å². The molecule has 0 fully saturated rings. The van der Waals surface area contributed by atoms with Crippen molar-refractivity contribution >= 4 is 17.3 Å². The molecule has 140 valence electrons. The van der Waals surface area contributed by atoms with Crippen LogP contribution in [0.3, 0.4) is 0 Å². The predicted molar refractivity (Wildman–Crippen MR) is 106 cm³/mol. The molecule has 0 amide bonds. The summed E-state index contributed by atoms with van der Waals surface area (Å²) in [6.45, 7) is 2.75. The van der Waals surface area contributed by atoms with Crippen LogP contribution in [0.2, 0.25) is 5.28 Å². The van der Waals surface area contributed by atoms with Crippen LogP contribution in [0, 0.1) is 0 Å². The summed E-state index contributed by atoms with van der Waals surface area (Å²) in [5.74, 6) is 0. The molecule has 3 rings (SSSR count). The van der Waals surface area contributed by atoms with Gasteiger partial charge in [0.05, 0.1) is 12.3 Å². The molecule has 0 unspecified atom stereocenters. The highest BCUT2D eigenvalue weighted by Crippen LogP contribution is 2.11. The molecule has 3 aromatic rings. The van der Waals surface area contributed by atoms with Crippen molar-refractivity contribution < 1.29 is 4.84 Å². The van der Waals surface area contributed by atoms with Gasteiger partial charge in [-0.3, -0.25) is 4.57 Å². The molecule has 0 aliphatic rings. The maximum atomic E-state index is 12.0. The van der Waals surface area contributed by atoms with Crippen LogP contribution < -0.4 is 5.69 Å². The minimum atomic E-state index is -0.238. The molecule has 0 radical (unpaired) electrons. The molecule has 0 saturated heterocycles. The Bertz CT molecular complexity index is 993. The third-order valence-corrected chi connectivity index (χ3v) is 4.33. The third-order valence-electron chi connectivity index (χ3n) is 4.05. The lowest BCUT2D eigenvalue weighted by atomic mass is 10.1. The van der Waals surface area contributed by atoms with Crippen LogP contribution in [0.25, 0.3) is 0 Å². The molecular weight excluding hydrogens is 364 g/mol. The number of aryl methyl sites for hydroxylation is 1. The van der Waals surface area contributed by atoms with Gasteiger partial charge in [0.15, 0.2) is 0 Å². The minimum Gasteiger partial charge on any atom is -0.391 e. The van der Waals surface area contributed by atoms with Crippen molar-refractivity contribution in [2.75, 3.05) is 0 Å². The smallest absolute Gasteiger partial charge is 0.346 e. The molecule has 0 bridgehead atoms. The molecule has 0 atom stereocenters. The zero-order chi connectivity index (χ0) is 19.2. The highest BCUT2D eigenvalue weighted by Gasteiger charge is 2.09. The minimum absolute atomic E-state index is 0.181.